The Labute approximate surface area is 159 Å². The first-order valence-corrected chi connectivity index (χ1v) is 8.81. The fourth-order valence-electron chi connectivity index (χ4n) is 2.98. The van der Waals surface area contributed by atoms with Gasteiger partial charge in [-0.3, -0.25) is 14.4 Å². The molecule has 0 aliphatic carbocycles. The Morgan fingerprint density at radius 3 is 2.56 bits per heavy atom. The fourth-order valence-corrected chi connectivity index (χ4v) is 2.98. The predicted octanol–water partition coefficient (Wildman–Crippen LogP) is 0.617. The largest absolute Gasteiger partial charge is 0.489 e. The number of nitrogens with zero attached hydrogens (tertiary/aromatic N) is 2. The number of anilines is 1. The van der Waals surface area contributed by atoms with Gasteiger partial charge in [-0.05, 0) is 32.0 Å². The molecular formula is C19H28N4O4. The van der Waals surface area contributed by atoms with Gasteiger partial charge in [0.05, 0.1) is 18.2 Å². The van der Waals surface area contributed by atoms with Gasteiger partial charge < -0.3 is 25.2 Å². The van der Waals surface area contributed by atoms with Crippen molar-refractivity contribution >= 4 is 23.4 Å². The summed E-state index contributed by atoms with van der Waals surface area (Å²) in [5.41, 5.74) is 0.320. The van der Waals surface area contributed by atoms with Crippen LogP contribution in [0.4, 0.5) is 5.69 Å². The van der Waals surface area contributed by atoms with Crippen LogP contribution in [-0.4, -0.2) is 69.0 Å². The van der Waals surface area contributed by atoms with Crippen molar-refractivity contribution in [2.24, 2.45) is 0 Å². The Morgan fingerprint density at radius 1 is 1.30 bits per heavy atom. The van der Waals surface area contributed by atoms with Gasteiger partial charge in [0.15, 0.2) is 0 Å². The molecule has 0 aromatic heterocycles. The van der Waals surface area contributed by atoms with Gasteiger partial charge in [0, 0.05) is 33.8 Å². The highest BCUT2D eigenvalue weighted by Crippen LogP contribution is 2.34. The molecule has 1 aliphatic rings. The summed E-state index contributed by atoms with van der Waals surface area (Å²) in [6, 6.07) is 5.07. The number of likely N-dealkylation sites (N-methyl/N-ethyl adjacent to an activating group) is 2. The molecule has 1 aromatic rings. The Morgan fingerprint density at radius 2 is 1.96 bits per heavy atom. The van der Waals surface area contributed by atoms with E-state index in [9.17, 15) is 14.4 Å². The Bertz CT molecular complexity index is 745. The summed E-state index contributed by atoms with van der Waals surface area (Å²) in [4.78, 5) is 39.9. The minimum Gasteiger partial charge on any atom is -0.489 e. The van der Waals surface area contributed by atoms with Crippen molar-refractivity contribution in [3.63, 3.8) is 0 Å². The van der Waals surface area contributed by atoms with E-state index in [2.05, 4.69) is 10.6 Å². The lowest BCUT2D eigenvalue weighted by Crippen LogP contribution is -2.55. The third-order valence-electron chi connectivity index (χ3n) is 4.64. The zero-order valence-electron chi connectivity index (χ0n) is 16.8. The van der Waals surface area contributed by atoms with Crippen LogP contribution in [0, 0.1) is 0 Å². The molecule has 2 rings (SSSR count). The number of rotatable bonds is 5. The van der Waals surface area contributed by atoms with Gasteiger partial charge in [0.2, 0.25) is 11.8 Å². The minimum absolute atomic E-state index is 0.0987. The van der Waals surface area contributed by atoms with Crippen LogP contribution < -0.4 is 20.3 Å². The molecule has 0 spiro atoms. The van der Waals surface area contributed by atoms with Crippen LogP contribution in [0.3, 0.4) is 0 Å². The van der Waals surface area contributed by atoms with Crippen molar-refractivity contribution in [1.29, 1.82) is 0 Å². The first-order chi connectivity index (χ1) is 12.6. The summed E-state index contributed by atoms with van der Waals surface area (Å²) in [5.74, 6) is 0.0721. The molecule has 8 heteroatoms. The van der Waals surface area contributed by atoms with Crippen molar-refractivity contribution in [2.45, 2.75) is 31.8 Å². The lowest BCUT2D eigenvalue weighted by Gasteiger charge is -2.36. The molecule has 0 saturated carbocycles. The van der Waals surface area contributed by atoms with Crippen LogP contribution in [0.2, 0.25) is 0 Å². The molecule has 0 fully saturated rings. The molecule has 1 heterocycles. The second-order valence-corrected chi connectivity index (χ2v) is 7.41. The first kappa shape index (κ1) is 20.5. The van der Waals surface area contributed by atoms with Crippen molar-refractivity contribution in [2.75, 3.05) is 39.7 Å². The van der Waals surface area contributed by atoms with E-state index < -0.39 is 5.54 Å². The smallest absolute Gasteiger partial charge is 0.253 e. The quantitative estimate of drug-likeness (QED) is 0.786. The van der Waals surface area contributed by atoms with E-state index in [0.29, 0.717) is 17.9 Å². The first-order valence-electron chi connectivity index (χ1n) is 8.81. The maximum atomic E-state index is 12.4. The van der Waals surface area contributed by atoms with Gasteiger partial charge in [0.25, 0.3) is 5.91 Å². The van der Waals surface area contributed by atoms with Gasteiger partial charge in [-0.15, -0.1) is 0 Å². The van der Waals surface area contributed by atoms with E-state index in [1.165, 1.54) is 11.9 Å². The molecule has 0 saturated heterocycles. The molecule has 3 amide bonds. The molecule has 27 heavy (non-hydrogen) atoms. The number of carbonyl (C=O) groups excluding carboxylic acids is 3. The zero-order valence-corrected chi connectivity index (χ0v) is 16.8. The summed E-state index contributed by atoms with van der Waals surface area (Å²) in [7, 11) is 6.79. The van der Waals surface area contributed by atoms with Crippen LogP contribution >= 0.6 is 0 Å². The number of hydrogen-bond donors (Lipinski definition) is 2. The number of fused-ring (bicyclic) bond motifs is 1. The van der Waals surface area contributed by atoms with Crippen LogP contribution in [0.25, 0.3) is 0 Å². The van der Waals surface area contributed by atoms with Gasteiger partial charge in [-0.2, -0.15) is 0 Å². The highest BCUT2D eigenvalue weighted by Gasteiger charge is 2.32. The molecule has 0 radical (unpaired) electrons. The highest BCUT2D eigenvalue weighted by atomic mass is 16.5. The second-order valence-electron chi connectivity index (χ2n) is 7.41. The second kappa shape index (κ2) is 7.85. The average molecular weight is 376 g/mol. The van der Waals surface area contributed by atoms with Crippen LogP contribution in [0.1, 0.15) is 30.6 Å². The van der Waals surface area contributed by atoms with E-state index in [-0.39, 0.29) is 30.2 Å². The highest BCUT2D eigenvalue weighted by molar-refractivity contribution is 5.95. The van der Waals surface area contributed by atoms with E-state index in [0.717, 1.165) is 5.69 Å². The molecule has 148 valence electrons. The summed E-state index contributed by atoms with van der Waals surface area (Å²) >= 11 is 0. The lowest BCUT2D eigenvalue weighted by atomic mass is 10.0. The van der Waals surface area contributed by atoms with Crippen molar-refractivity contribution in [3.8, 4) is 5.75 Å². The third-order valence-corrected chi connectivity index (χ3v) is 4.64. The Hall–Kier alpha value is -2.77. The average Bonchev–Trinajstić information content (AvgIpc) is 2.61. The lowest BCUT2D eigenvalue weighted by molar-refractivity contribution is -0.132. The number of nitrogens with one attached hydrogen (secondary N) is 2. The molecular weight excluding hydrogens is 348 g/mol. The molecule has 1 aromatic carbocycles. The van der Waals surface area contributed by atoms with Crippen molar-refractivity contribution < 1.29 is 19.1 Å². The van der Waals surface area contributed by atoms with Gasteiger partial charge in [-0.25, -0.2) is 0 Å². The van der Waals surface area contributed by atoms with E-state index in [1.807, 2.05) is 11.9 Å². The van der Waals surface area contributed by atoms with E-state index in [4.69, 9.17) is 4.74 Å². The van der Waals surface area contributed by atoms with Gasteiger partial charge in [0.1, 0.15) is 17.9 Å². The van der Waals surface area contributed by atoms with Gasteiger partial charge in [-0.1, -0.05) is 0 Å². The van der Waals surface area contributed by atoms with Crippen molar-refractivity contribution in [1.82, 2.24) is 15.5 Å². The fraction of sp³-hybridized carbons (Fsp3) is 0.526. The van der Waals surface area contributed by atoms with Crippen LogP contribution in [0.5, 0.6) is 5.75 Å². The summed E-state index contributed by atoms with van der Waals surface area (Å²) < 4.78 is 5.78. The van der Waals surface area contributed by atoms with Crippen molar-refractivity contribution in [3.05, 3.63) is 23.8 Å². The number of hydrogen-bond acceptors (Lipinski definition) is 5. The van der Waals surface area contributed by atoms with Crippen LogP contribution in [-0.2, 0) is 9.59 Å². The molecule has 0 unspecified atom stereocenters. The summed E-state index contributed by atoms with van der Waals surface area (Å²) in [6.45, 7) is 3.65. The molecule has 1 aliphatic heterocycles. The Kier molecular flexibility index (Phi) is 5.98. The SMILES string of the molecule is CNC(=O)C(C)(C)NC(=O)C[C@H]1COc2ccc(C(=O)N(C)C)cc2N1C. The maximum Gasteiger partial charge on any atom is 0.253 e. The normalized spacial score (nSPS) is 16.1. The zero-order chi connectivity index (χ0) is 20.4. The number of ether oxygens (including phenoxy) is 1. The van der Waals surface area contributed by atoms with E-state index in [1.54, 1.807) is 46.1 Å². The summed E-state index contributed by atoms with van der Waals surface area (Å²) in [5, 5.41) is 5.29. The summed E-state index contributed by atoms with van der Waals surface area (Å²) in [6.07, 6.45) is 0.169. The number of amides is 3. The topological polar surface area (TPSA) is 91.0 Å². The molecule has 2 N–H and O–H groups in total. The predicted molar refractivity (Wildman–Crippen MR) is 103 cm³/mol. The molecule has 0 bridgehead atoms. The van der Waals surface area contributed by atoms with E-state index >= 15 is 0 Å². The maximum absolute atomic E-state index is 12.4. The number of benzene rings is 1. The third kappa shape index (κ3) is 4.50. The van der Waals surface area contributed by atoms with Gasteiger partial charge >= 0.3 is 0 Å². The number of carbonyl (C=O) groups is 3. The monoisotopic (exact) mass is 376 g/mol. The molecule has 8 nitrogen and oxygen atoms in total. The minimum atomic E-state index is -0.997. The standard InChI is InChI=1S/C19H28N4O4/c1-19(2,18(26)20-3)21-16(24)10-13-11-27-15-8-7-12(17(25)22(4)5)9-14(15)23(13)6/h7-9,13H,10-11H2,1-6H3,(H,20,26)(H,21,24)/t13-/m0/s1. The Balaban J connectivity index is 2.12. The molecule has 1 atom stereocenters. The van der Waals surface area contributed by atoms with Crippen LogP contribution in [0.15, 0.2) is 18.2 Å².